The van der Waals surface area contributed by atoms with Gasteiger partial charge in [-0.25, -0.2) is 0 Å². The molecule has 1 unspecified atom stereocenters. The van der Waals surface area contributed by atoms with Crippen molar-refractivity contribution >= 4 is 5.91 Å². The topological polar surface area (TPSA) is 38.3 Å². The van der Waals surface area contributed by atoms with Crippen molar-refractivity contribution in [3.05, 3.63) is 65.7 Å². The molecule has 1 N–H and O–H groups in total. The number of rotatable bonds is 6. The van der Waals surface area contributed by atoms with Crippen molar-refractivity contribution in [2.45, 2.75) is 25.8 Å². The van der Waals surface area contributed by atoms with Crippen LogP contribution >= 0.6 is 0 Å². The van der Waals surface area contributed by atoms with Crippen LogP contribution in [0.3, 0.4) is 0 Å². The maximum absolute atomic E-state index is 12.3. The fraction of sp³-hybridized carbons (Fsp3) is 0.278. The first-order valence-electron chi connectivity index (χ1n) is 7.20. The Kier molecular flexibility index (Phi) is 5.38. The van der Waals surface area contributed by atoms with E-state index in [-0.39, 0.29) is 11.8 Å². The average Bonchev–Trinajstić information content (AvgIpc) is 2.55. The molecule has 2 aromatic carbocycles. The Hall–Kier alpha value is -2.29. The molecule has 0 aromatic heterocycles. The molecular weight excluding hydrogens is 262 g/mol. The smallest absolute Gasteiger partial charge is 0.227 e. The second-order valence-electron chi connectivity index (χ2n) is 4.94. The zero-order chi connectivity index (χ0) is 15.1. The van der Waals surface area contributed by atoms with Crippen molar-refractivity contribution in [3.8, 4) is 5.75 Å². The highest BCUT2D eigenvalue weighted by molar-refractivity contribution is 5.83. The lowest BCUT2D eigenvalue weighted by atomic mass is 9.95. The molecule has 1 atom stereocenters. The van der Waals surface area contributed by atoms with Crippen LogP contribution in [0.4, 0.5) is 0 Å². The molecular formula is C18H21NO2. The third-order valence-corrected chi connectivity index (χ3v) is 3.55. The van der Waals surface area contributed by atoms with Gasteiger partial charge in [0.15, 0.2) is 0 Å². The summed E-state index contributed by atoms with van der Waals surface area (Å²) in [6, 6.07) is 17.6. The number of benzene rings is 2. The normalized spacial score (nSPS) is 11.7. The largest absolute Gasteiger partial charge is 0.497 e. The lowest BCUT2D eigenvalue weighted by Gasteiger charge is -2.15. The van der Waals surface area contributed by atoms with Crippen molar-refractivity contribution < 1.29 is 9.53 Å². The lowest BCUT2D eigenvalue weighted by Crippen LogP contribution is -2.28. The van der Waals surface area contributed by atoms with E-state index in [4.69, 9.17) is 4.74 Å². The van der Waals surface area contributed by atoms with Crippen molar-refractivity contribution in [2.75, 3.05) is 7.11 Å². The molecule has 0 saturated heterocycles. The summed E-state index contributed by atoms with van der Waals surface area (Å²) >= 11 is 0. The molecule has 0 fully saturated rings. The summed E-state index contributed by atoms with van der Waals surface area (Å²) < 4.78 is 5.12. The van der Waals surface area contributed by atoms with Gasteiger partial charge in [-0.05, 0) is 29.7 Å². The van der Waals surface area contributed by atoms with E-state index in [1.54, 1.807) is 7.11 Å². The molecule has 2 aromatic rings. The minimum absolute atomic E-state index is 0.0690. The van der Waals surface area contributed by atoms with Gasteiger partial charge in [0.1, 0.15) is 5.75 Å². The summed E-state index contributed by atoms with van der Waals surface area (Å²) in [5, 5.41) is 3.01. The van der Waals surface area contributed by atoms with Crippen LogP contribution in [0.15, 0.2) is 54.6 Å². The number of nitrogens with one attached hydrogen (secondary N) is 1. The Morgan fingerprint density at radius 2 is 1.76 bits per heavy atom. The molecule has 21 heavy (non-hydrogen) atoms. The van der Waals surface area contributed by atoms with E-state index in [0.717, 1.165) is 23.3 Å². The third kappa shape index (κ3) is 4.09. The fourth-order valence-corrected chi connectivity index (χ4v) is 2.31. The van der Waals surface area contributed by atoms with Gasteiger partial charge >= 0.3 is 0 Å². The first-order valence-corrected chi connectivity index (χ1v) is 7.20. The van der Waals surface area contributed by atoms with Gasteiger partial charge in [0.2, 0.25) is 5.91 Å². The molecule has 0 spiro atoms. The van der Waals surface area contributed by atoms with Crippen LogP contribution in [0.25, 0.3) is 0 Å². The standard InChI is InChI=1S/C18H21NO2/c1-3-17(15-7-5-4-6-8-15)18(20)19-13-14-9-11-16(21-2)12-10-14/h4-12,17H,3,13H2,1-2H3,(H,19,20). The Bertz CT molecular complexity index is 564. The Balaban J connectivity index is 1.96. The maximum atomic E-state index is 12.3. The second kappa shape index (κ2) is 7.48. The third-order valence-electron chi connectivity index (χ3n) is 3.55. The highest BCUT2D eigenvalue weighted by Crippen LogP contribution is 2.19. The molecule has 2 rings (SSSR count). The number of ether oxygens (including phenoxy) is 1. The van der Waals surface area contributed by atoms with E-state index in [0.29, 0.717) is 6.54 Å². The summed E-state index contributed by atoms with van der Waals surface area (Å²) in [5.74, 6) is 0.796. The zero-order valence-electron chi connectivity index (χ0n) is 12.5. The fourth-order valence-electron chi connectivity index (χ4n) is 2.31. The number of carbonyl (C=O) groups excluding carboxylic acids is 1. The van der Waals surface area contributed by atoms with Gasteiger partial charge in [-0.15, -0.1) is 0 Å². The quantitative estimate of drug-likeness (QED) is 0.881. The summed E-state index contributed by atoms with van der Waals surface area (Å²) in [4.78, 5) is 12.3. The highest BCUT2D eigenvalue weighted by atomic mass is 16.5. The van der Waals surface area contributed by atoms with Gasteiger partial charge in [0.05, 0.1) is 13.0 Å². The molecule has 0 aliphatic heterocycles. The SMILES string of the molecule is CCC(C(=O)NCc1ccc(OC)cc1)c1ccccc1. The van der Waals surface area contributed by atoms with Crippen molar-refractivity contribution in [3.63, 3.8) is 0 Å². The van der Waals surface area contributed by atoms with E-state index in [1.807, 2.05) is 61.5 Å². The van der Waals surface area contributed by atoms with Crippen molar-refractivity contribution in [1.82, 2.24) is 5.32 Å². The van der Waals surface area contributed by atoms with Gasteiger partial charge in [-0.3, -0.25) is 4.79 Å². The average molecular weight is 283 g/mol. The highest BCUT2D eigenvalue weighted by Gasteiger charge is 2.17. The predicted octanol–water partition coefficient (Wildman–Crippen LogP) is 3.51. The summed E-state index contributed by atoms with van der Waals surface area (Å²) in [5.41, 5.74) is 2.12. The summed E-state index contributed by atoms with van der Waals surface area (Å²) in [6.07, 6.45) is 0.790. The van der Waals surface area contributed by atoms with E-state index >= 15 is 0 Å². The molecule has 3 heteroatoms. The van der Waals surface area contributed by atoms with Crippen molar-refractivity contribution in [1.29, 1.82) is 0 Å². The predicted molar refractivity (Wildman–Crippen MR) is 84.3 cm³/mol. The maximum Gasteiger partial charge on any atom is 0.227 e. The van der Waals surface area contributed by atoms with Crippen molar-refractivity contribution in [2.24, 2.45) is 0 Å². The first-order chi connectivity index (χ1) is 10.2. The van der Waals surface area contributed by atoms with E-state index in [1.165, 1.54) is 0 Å². The van der Waals surface area contributed by atoms with Crippen LogP contribution in [0, 0.1) is 0 Å². The molecule has 3 nitrogen and oxygen atoms in total. The van der Waals surface area contributed by atoms with E-state index in [9.17, 15) is 4.79 Å². The molecule has 0 saturated carbocycles. The Morgan fingerprint density at radius 3 is 2.33 bits per heavy atom. The van der Waals surface area contributed by atoms with Gasteiger partial charge in [-0.2, -0.15) is 0 Å². The van der Waals surface area contributed by atoms with Crippen LogP contribution in [0.5, 0.6) is 5.75 Å². The van der Waals surface area contributed by atoms with Crippen LogP contribution in [0.1, 0.15) is 30.4 Å². The van der Waals surface area contributed by atoms with Crippen LogP contribution < -0.4 is 10.1 Å². The van der Waals surface area contributed by atoms with Crippen LogP contribution in [-0.4, -0.2) is 13.0 Å². The summed E-state index contributed by atoms with van der Waals surface area (Å²) in [6.45, 7) is 2.57. The number of methoxy groups -OCH3 is 1. The monoisotopic (exact) mass is 283 g/mol. The van der Waals surface area contributed by atoms with Crippen LogP contribution in [-0.2, 0) is 11.3 Å². The van der Waals surface area contributed by atoms with Gasteiger partial charge in [0.25, 0.3) is 0 Å². The Morgan fingerprint density at radius 1 is 1.10 bits per heavy atom. The lowest BCUT2D eigenvalue weighted by molar-refractivity contribution is -0.122. The number of hydrogen-bond donors (Lipinski definition) is 1. The Labute approximate surface area is 126 Å². The number of amides is 1. The van der Waals surface area contributed by atoms with Gasteiger partial charge in [0, 0.05) is 6.54 Å². The van der Waals surface area contributed by atoms with E-state index < -0.39 is 0 Å². The molecule has 0 aliphatic rings. The zero-order valence-corrected chi connectivity index (χ0v) is 12.5. The first kappa shape index (κ1) is 15.1. The number of carbonyl (C=O) groups is 1. The van der Waals surface area contributed by atoms with Gasteiger partial charge < -0.3 is 10.1 Å². The minimum atomic E-state index is -0.0931. The molecule has 0 heterocycles. The second-order valence-corrected chi connectivity index (χ2v) is 4.94. The minimum Gasteiger partial charge on any atom is -0.497 e. The summed E-state index contributed by atoms with van der Waals surface area (Å²) in [7, 11) is 1.64. The molecule has 0 bridgehead atoms. The molecule has 0 radical (unpaired) electrons. The van der Waals surface area contributed by atoms with E-state index in [2.05, 4.69) is 5.32 Å². The van der Waals surface area contributed by atoms with Gasteiger partial charge in [-0.1, -0.05) is 49.4 Å². The molecule has 110 valence electrons. The molecule has 1 amide bonds. The van der Waals surface area contributed by atoms with Crippen LogP contribution in [0.2, 0.25) is 0 Å². The molecule has 0 aliphatic carbocycles. The number of hydrogen-bond acceptors (Lipinski definition) is 2.